The summed E-state index contributed by atoms with van der Waals surface area (Å²) in [5.74, 6) is 0.529. The minimum absolute atomic E-state index is 0.0805. The van der Waals surface area contributed by atoms with Gasteiger partial charge in [-0.05, 0) is 38.4 Å². The Morgan fingerprint density at radius 2 is 2.13 bits per heavy atom. The lowest BCUT2D eigenvalue weighted by atomic mass is 10.1. The van der Waals surface area contributed by atoms with Gasteiger partial charge in [-0.15, -0.1) is 0 Å². The van der Waals surface area contributed by atoms with Gasteiger partial charge in [0, 0.05) is 19.2 Å². The monoisotopic (exact) mass is 320 g/mol. The van der Waals surface area contributed by atoms with E-state index < -0.39 is 0 Å². The Morgan fingerprint density at radius 1 is 1.26 bits per heavy atom. The maximum Gasteiger partial charge on any atom is 0.255 e. The maximum absolute atomic E-state index is 12.4. The van der Waals surface area contributed by atoms with Crippen LogP contribution in [0.4, 0.5) is 0 Å². The summed E-state index contributed by atoms with van der Waals surface area (Å²) in [4.78, 5) is 12.4. The molecule has 0 aromatic heterocycles. The highest BCUT2D eigenvalue weighted by atomic mass is 16.5. The fraction of sp³-hybridized carbons (Fsp3) is 0.611. The van der Waals surface area contributed by atoms with E-state index in [1.165, 1.54) is 19.3 Å². The molecular formula is C18H28N2O3. The van der Waals surface area contributed by atoms with Crippen molar-refractivity contribution in [1.29, 1.82) is 0 Å². The molecule has 1 aliphatic rings. The second kappa shape index (κ2) is 10.2. The highest BCUT2D eigenvalue weighted by Gasteiger charge is 2.15. The van der Waals surface area contributed by atoms with Gasteiger partial charge in [-0.3, -0.25) is 4.79 Å². The van der Waals surface area contributed by atoms with Crippen molar-refractivity contribution in [3.63, 3.8) is 0 Å². The van der Waals surface area contributed by atoms with Crippen LogP contribution in [0, 0.1) is 0 Å². The van der Waals surface area contributed by atoms with E-state index in [9.17, 15) is 4.79 Å². The Labute approximate surface area is 138 Å². The van der Waals surface area contributed by atoms with Crippen molar-refractivity contribution in [3.05, 3.63) is 29.8 Å². The van der Waals surface area contributed by atoms with Crippen LogP contribution >= 0.6 is 0 Å². The lowest BCUT2D eigenvalue weighted by Gasteiger charge is -2.17. The Kier molecular flexibility index (Phi) is 7.90. The Morgan fingerprint density at radius 3 is 3.00 bits per heavy atom. The van der Waals surface area contributed by atoms with Crippen molar-refractivity contribution in [2.75, 3.05) is 32.9 Å². The van der Waals surface area contributed by atoms with E-state index in [2.05, 4.69) is 10.6 Å². The summed E-state index contributed by atoms with van der Waals surface area (Å²) in [5.41, 5.74) is 0.581. The fourth-order valence-electron chi connectivity index (χ4n) is 2.72. The molecule has 5 nitrogen and oxygen atoms in total. The number of ether oxygens (including phenoxy) is 2. The first-order chi connectivity index (χ1) is 11.3. The molecule has 0 radical (unpaired) electrons. The van der Waals surface area contributed by atoms with Crippen LogP contribution in [0.5, 0.6) is 5.75 Å². The zero-order valence-electron chi connectivity index (χ0n) is 14.0. The summed E-state index contributed by atoms with van der Waals surface area (Å²) in [7, 11) is 0. The summed E-state index contributed by atoms with van der Waals surface area (Å²) in [6.07, 6.45) is 4.84. The minimum Gasteiger partial charge on any atom is -0.490 e. The van der Waals surface area contributed by atoms with Crippen LogP contribution in [-0.4, -0.2) is 44.9 Å². The summed E-state index contributed by atoms with van der Waals surface area (Å²) in [6.45, 7) is 5.29. The molecule has 0 saturated carbocycles. The number of carbonyl (C=O) groups is 1. The van der Waals surface area contributed by atoms with Gasteiger partial charge in [-0.25, -0.2) is 0 Å². The van der Waals surface area contributed by atoms with Crippen LogP contribution in [0.1, 0.15) is 43.0 Å². The van der Waals surface area contributed by atoms with Gasteiger partial charge < -0.3 is 20.1 Å². The third-order valence-corrected chi connectivity index (χ3v) is 3.99. The van der Waals surface area contributed by atoms with Crippen molar-refractivity contribution in [2.45, 2.75) is 38.6 Å². The first-order valence-corrected chi connectivity index (χ1v) is 8.62. The smallest absolute Gasteiger partial charge is 0.255 e. The van der Waals surface area contributed by atoms with Gasteiger partial charge in [0.05, 0.1) is 12.2 Å². The second-order valence-corrected chi connectivity index (χ2v) is 5.75. The molecule has 1 aromatic carbocycles. The maximum atomic E-state index is 12.4. The van der Waals surface area contributed by atoms with E-state index in [-0.39, 0.29) is 5.91 Å². The molecule has 0 spiro atoms. The predicted molar refractivity (Wildman–Crippen MR) is 91.0 cm³/mol. The van der Waals surface area contributed by atoms with Crippen molar-refractivity contribution in [3.8, 4) is 5.75 Å². The van der Waals surface area contributed by atoms with Crippen LogP contribution in [0.15, 0.2) is 24.3 Å². The average molecular weight is 320 g/mol. The summed E-state index contributed by atoms with van der Waals surface area (Å²) >= 11 is 0. The number of carbonyl (C=O) groups excluding carboxylic acids is 1. The van der Waals surface area contributed by atoms with Gasteiger partial charge in [0.15, 0.2) is 0 Å². The topological polar surface area (TPSA) is 59.6 Å². The van der Waals surface area contributed by atoms with Crippen LogP contribution < -0.4 is 15.4 Å². The zero-order chi connectivity index (χ0) is 16.3. The molecule has 1 saturated heterocycles. The normalized spacial score (nSPS) is 18.2. The highest BCUT2D eigenvalue weighted by Crippen LogP contribution is 2.18. The van der Waals surface area contributed by atoms with E-state index in [0.717, 1.165) is 13.0 Å². The molecule has 1 aliphatic heterocycles. The van der Waals surface area contributed by atoms with Gasteiger partial charge in [0.25, 0.3) is 5.91 Å². The fourth-order valence-corrected chi connectivity index (χ4v) is 2.72. The summed E-state index contributed by atoms with van der Waals surface area (Å²) < 4.78 is 10.9. The number of hydrogen-bond donors (Lipinski definition) is 2. The largest absolute Gasteiger partial charge is 0.490 e. The van der Waals surface area contributed by atoms with Crippen LogP contribution in [0.3, 0.4) is 0 Å². The van der Waals surface area contributed by atoms with Gasteiger partial charge in [0.1, 0.15) is 12.4 Å². The lowest BCUT2D eigenvalue weighted by Crippen LogP contribution is -2.40. The Bertz CT molecular complexity index is 471. The average Bonchev–Trinajstić information content (AvgIpc) is 2.86. The number of amides is 1. The predicted octanol–water partition coefficient (Wildman–Crippen LogP) is 2.36. The summed E-state index contributed by atoms with van der Waals surface area (Å²) in [5, 5.41) is 6.51. The van der Waals surface area contributed by atoms with Crippen molar-refractivity contribution >= 4 is 5.91 Å². The van der Waals surface area contributed by atoms with Gasteiger partial charge >= 0.3 is 0 Å². The molecule has 0 unspecified atom stereocenters. The molecule has 2 rings (SSSR count). The van der Waals surface area contributed by atoms with Crippen LogP contribution in [0.2, 0.25) is 0 Å². The van der Waals surface area contributed by atoms with Crippen molar-refractivity contribution in [2.24, 2.45) is 0 Å². The molecule has 128 valence electrons. The first-order valence-electron chi connectivity index (χ1n) is 8.62. The molecule has 1 heterocycles. The first kappa shape index (κ1) is 17.8. The van der Waals surface area contributed by atoms with E-state index in [1.54, 1.807) is 6.07 Å². The standard InChI is InChI=1S/C18H28N2O3/c1-2-22-12-13-23-17-10-6-5-9-16(17)18(21)20-14-15-8-4-3-7-11-19-15/h5-6,9-10,15,19H,2-4,7-8,11-14H2,1H3,(H,20,21)/t15-/m1/s1. The third kappa shape index (κ3) is 6.20. The molecule has 0 aliphatic carbocycles. The number of nitrogens with one attached hydrogen (secondary N) is 2. The van der Waals surface area contributed by atoms with Gasteiger partial charge in [-0.1, -0.05) is 25.0 Å². The second-order valence-electron chi connectivity index (χ2n) is 5.75. The molecule has 1 amide bonds. The third-order valence-electron chi connectivity index (χ3n) is 3.99. The van der Waals surface area contributed by atoms with Crippen molar-refractivity contribution < 1.29 is 14.3 Å². The van der Waals surface area contributed by atoms with Gasteiger partial charge in [-0.2, -0.15) is 0 Å². The van der Waals surface area contributed by atoms with Crippen LogP contribution in [-0.2, 0) is 4.74 Å². The molecule has 1 atom stereocenters. The molecule has 23 heavy (non-hydrogen) atoms. The molecule has 5 heteroatoms. The SMILES string of the molecule is CCOCCOc1ccccc1C(=O)NC[C@H]1CCCCCN1. The molecular weight excluding hydrogens is 292 g/mol. The number of hydrogen-bond acceptors (Lipinski definition) is 4. The van der Waals surface area contributed by atoms with E-state index >= 15 is 0 Å². The highest BCUT2D eigenvalue weighted by molar-refractivity contribution is 5.96. The Hall–Kier alpha value is -1.59. The molecule has 0 bridgehead atoms. The lowest BCUT2D eigenvalue weighted by molar-refractivity contribution is 0.0932. The summed E-state index contributed by atoms with van der Waals surface area (Å²) in [6, 6.07) is 7.72. The number of benzene rings is 1. The number of rotatable bonds is 8. The quantitative estimate of drug-likeness (QED) is 0.722. The minimum atomic E-state index is -0.0805. The van der Waals surface area contributed by atoms with Gasteiger partial charge in [0.2, 0.25) is 0 Å². The molecule has 2 N–H and O–H groups in total. The number of para-hydroxylation sites is 1. The Balaban J connectivity index is 1.85. The van der Waals surface area contributed by atoms with E-state index in [1.807, 2.05) is 25.1 Å². The van der Waals surface area contributed by atoms with E-state index in [4.69, 9.17) is 9.47 Å². The molecule has 1 aromatic rings. The zero-order valence-corrected chi connectivity index (χ0v) is 14.0. The van der Waals surface area contributed by atoms with Crippen LogP contribution in [0.25, 0.3) is 0 Å². The van der Waals surface area contributed by atoms with Crippen molar-refractivity contribution in [1.82, 2.24) is 10.6 Å². The molecule has 1 fully saturated rings. The van der Waals surface area contributed by atoms with E-state index in [0.29, 0.717) is 43.7 Å².